The molecule has 1 aromatic heterocycles. The van der Waals surface area contributed by atoms with Gasteiger partial charge in [0.1, 0.15) is 0 Å². The Morgan fingerprint density at radius 3 is 2.49 bits per heavy atom. The molecule has 0 spiro atoms. The van der Waals surface area contributed by atoms with Gasteiger partial charge in [-0.2, -0.15) is 13.2 Å². The van der Waals surface area contributed by atoms with Crippen LogP contribution in [-0.4, -0.2) is 45.4 Å². The van der Waals surface area contributed by atoms with Gasteiger partial charge < -0.3 is 15.5 Å². The molecule has 0 radical (unpaired) electrons. The smallest absolute Gasteiger partial charge is 0.359 e. The molecule has 2 amide bonds. The summed E-state index contributed by atoms with van der Waals surface area (Å²) in [5.74, 6) is -0.478. The van der Waals surface area contributed by atoms with Crippen LogP contribution >= 0.6 is 11.6 Å². The Labute approximate surface area is 217 Å². The fourth-order valence-corrected chi connectivity index (χ4v) is 5.13. The van der Waals surface area contributed by atoms with Crippen LogP contribution in [0.2, 0.25) is 5.02 Å². The second-order valence-corrected chi connectivity index (χ2v) is 10.4. The van der Waals surface area contributed by atoms with E-state index in [4.69, 9.17) is 16.6 Å². The standard InChI is InChI=1S/C25H29ClF3N5O3/c1-12(2)31-24-32-20-11-33(22(36)14-5-6-19(26)18(10-14)25(27,28)29)13(3)7-17(20)23(37)34(24)16-8-15(9-16)21(35)30-4/h5-6,10,12-13,15-16H,7-9,11H2,1-4H3,(H,30,35)(H,31,32)/t13-,15?,16?/m1/s1. The van der Waals surface area contributed by atoms with E-state index in [1.165, 1.54) is 11.0 Å². The van der Waals surface area contributed by atoms with Crippen LogP contribution in [0.15, 0.2) is 23.0 Å². The molecular weight excluding hydrogens is 511 g/mol. The lowest BCUT2D eigenvalue weighted by Gasteiger charge is -2.39. The number of hydrogen-bond acceptors (Lipinski definition) is 5. The highest BCUT2D eigenvalue weighted by Gasteiger charge is 2.40. The number of amides is 2. The second-order valence-electron chi connectivity index (χ2n) is 9.95. The number of anilines is 1. The Morgan fingerprint density at radius 2 is 1.89 bits per heavy atom. The number of fused-ring (bicyclic) bond motifs is 1. The molecule has 2 aromatic rings. The summed E-state index contributed by atoms with van der Waals surface area (Å²) in [5.41, 5.74) is -0.566. The highest BCUT2D eigenvalue weighted by atomic mass is 35.5. The first kappa shape index (κ1) is 27.0. The van der Waals surface area contributed by atoms with Gasteiger partial charge in [-0.15, -0.1) is 0 Å². The topological polar surface area (TPSA) is 96.3 Å². The van der Waals surface area contributed by atoms with Gasteiger partial charge in [-0.05, 0) is 58.2 Å². The van der Waals surface area contributed by atoms with Crippen LogP contribution in [0.4, 0.5) is 19.1 Å². The van der Waals surface area contributed by atoms with Crippen molar-refractivity contribution in [3.8, 4) is 0 Å². The summed E-state index contributed by atoms with van der Waals surface area (Å²) < 4.78 is 41.6. The molecule has 8 nitrogen and oxygen atoms in total. The van der Waals surface area contributed by atoms with Crippen molar-refractivity contribution in [2.24, 2.45) is 5.92 Å². The quantitative estimate of drug-likeness (QED) is 0.598. The van der Waals surface area contributed by atoms with Crippen molar-refractivity contribution in [3.63, 3.8) is 0 Å². The minimum Gasteiger partial charge on any atom is -0.359 e. The molecule has 0 unspecified atom stereocenters. The van der Waals surface area contributed by atoms with Crippen LogP contribution in [-0.2, 0) is 23.9 Å². The van der Waals surface area contributed by atoms with E-state index >= 15 is 0 Å². The summed E-state index contributed by atoms with van der Waals surface area (Å²) in [6, 6.07) is 2.41. The fourth-order valence-electron chi connectivity index (χ4n) is 4.90. The number of benzene rings is 1. The SMILES string of the molecule is CNC(=O)C1CC(n2c(NC(C)C)nc3c(c2=O)C[C@@H](C)N(C(=O)c2ccc(Cl)c(C(F)(F)F)c2)C3)C1. The second kappa shape index (κ2) is 10.00. The molecule has 2 N–H and O–H groups in total. The zero-order valence-electron chi connectivity index (χ0n) is 20.9. The molecule has 4 rings (SSSR count). The molecule has 1 fully saturated rings. The third kappa shape index (κ3) is 5.18. The van der Waals surface area contributed by atoms with Crippen molar-refractivity contribution >= 4 is 29.4 Å². The average molecular weight is 540 g/mol. The molecule has 1 atom stereocenters. The maximum Gasteiger partial charge on any atom is 0.417 e. The van der Waals surface area contributed by atoms with Crippen molar-refractivity contribution in [2.75, 3.05) is 12.4 Å². The Bertz CT molecular complexity index is 1290. The number of carbonyl (C=O) groups is 2. The predicted octanol–water partition coefficient (Wildman–Crippen LogP) is 4.02. The molecule has 12 heteroatoms. The number of nitrogens with zero attached hydrogens (tertiary/aromatic N) is 3. The van der Waals surface area contributed by atoms with E-state index in [2.05, 4.69) is 10.6 Å². The number of alkyl halides is 3. The van der Waals surface area contributed by atoms with E-state index in [1.54, 1.807) is 18.5 Å². The first-order valence-corrected chi connectivity index (χ1v) is 12.5. The van der Waals surface area contributed by atoms with E-state index in [0.29, 0.717) is 30.0 Å². The van der Waals surface area contributed by atoms with Crippen LogP contribution < -0.4 is 16.2 Å². The lowest BCUT2D eigenvalue weighted by atomic mass is 9.79. The van der Waals surface area contributed by atoms with Gasteiger partial charge in [-0.3, -0.25) is 19.0 Å². The van der Waals surface area contributed by atoms with E-state index in [9.17, 15) is 27.6 Å². The zero-order chi connectivity index (χ0) is 27.2. The van der Waals surface area contributed by atoms with E-state index in [-0.39, 0.29) is 48.0 Å². The molecule has 1 aliphatic heterocycles. The summed E-state index contributed by atoms with van der Waals surface area (Å²) in [5, 5.41) is 5.35. The molecule has 0 saturated heterocycles. The van der Waals surface area contributed by atoms with Crippen molar-refractivity contribution < 1.29 is 22.8 Å². The van der Waals surface area contributed by atoms with Crippen molar-refractivity contribution in [1.82, 2.24) is 19.8 Å². The van der Waals surface area contributed by atoms with Gasteiger partial charge in [0.05, 0.1) is 22.8 Å². The van der Waals surface area contributed by atoms with E-state index in [1.807, 2.05) is 13.8 Å². The highest BCUT2D eigenvalue weighted by Crippen LogP contribution is 2.39. The van der Waals surface area contributed by atoms with Crippen LogP contribution in [0.5, 0.6) is 0 Å². The molecule has 1 aliphatic carbocycles. The van der Waals surface area contributed by atoms with Crippen LogP contribution in [0.25, 0.3) is 0 Å². The number of hydrogen-bond donors (Lipinski definition) is 2. The minimum atomic E-state index is -4.70. The number of nitrogens with one attached hydrogen (secondary N) is 2. The third-order valence-electron chi connectivity index (χ3n) is 6.94. The van der Waals surface area contributed by atoms with Gasteiger partial charge in [0, 0.05) is 42.2 Å². The summed E-state index contributed by atoms with van der Waals surface area (Å²) in [6.07, 6.45) is -3.45. The summed E-state index contributed by atoms with van der Waals surface area (Å²) in [7, 11) is 1.58. The van der Waals surface area contributed by atoms with E-state index < -0.39 is 28.7 Å². The van der Waals surface area contributed by atoms with Gasteiger partial charge in [-0.1, -0.05) is 11.6 Å². The summed E-state index contributed by atoms with van der Waals surface area (Å²) in [6.45, 7) is 5.53. The molecule has 1 saturated carbocycles. The Balaban J connectivity index is 1.67. The zero-order valence-corrected chi connectivity index (χ0v) is 21.7. The lowest BCUT2D eigenvalue weighted by molar-refractivity contribution is -0.137. The molecule has 200 valence electrons. The number of rotatable bonds is 5. The van der Waals surface area contributed by atoms with Gasteiger partial charge in [0.15, 0.2) is 0 Å². The van der Waals surface area contributed by atoms with Crippen LogP contribution in [0.3, 0.4) is 0 Å². The fraction of sp³-hybridized carbons (Fsp3) is 0.520. The van der Waals surface area contributed by atoms with Crippen LogP contribution in [0.1, 0.15) is 66.8 Å². The predicted molar refractivity (Wildman–Crippen MR) is 133 cm³/mol. The third-order valence-corrected chi connectivity index (χ3v) is 7.27. The van der Waals surface area contributed by atoms with Crippen LogP contribution in [0, 0.1) is 5.92 Å². The first-order chi connectivity index (χ1) is 17.3. The Hall–Kier alpha value is -3.08. The normalized spacial score (nSPS) is 21.3. The van der Waals surface area contributed by atoms with Crippen molar-refractivity contribution in [1.29, 1.82) is 0 Å². The van der Waals surface area contributed by atoms with Gasteiger partial charge in [0.25, 0.3) is 11.5 Å². The highest BCUT2D eigenvalue weighted by molar-refractivity contribution is 6.31. The maximum atomic E-state index is 13.6. The number of aromatic nitrogens is 2. The number of carbonyl (C=O) groups excluding carboxylic acids is 2. The Kier molecular flexibility index (Phi) is 7.29. The van der Waals surface area contributed by atoms with Gasteiger partial charge in [0.2, 0.25) is 11.9 Å². The molecule has 0 bridgehead atoms. The first-order valence-electron chi connectivity index (χ1n) is 12.1. The monoisotopic (exact) mass is 539 g/mol. The van der Waals surface area contributed by atoms with E-state index in [0.717, 1.165) is 12.1 Å². The van der Waals surface area contributed by atoms with Gasteiger partial charge >= 0.3 is 6.18 Å². The number of halogens is 4. The summed E-state index contributed by atoms with van der Waals surface area (Å²) in [4.78, 5) is 45.0. The molecule has 37 heavy (non-hydrogen) atoms. The molecular formula is C25H29ClF3N5O3. The van der Waals surface area contributed by atoms with Crippen molar-refractivity contribution in [3.05, 3.63) is 56.0 Å². The van der Waals surface area contributed by atoms with Crippen molar-refractivity contribution in [2.45, 2.75) is 70.9 Å². The maximum absolute atomic E-state index is 13.6. The minimum absolute atomic E-state index is 0.0201. The molecule has 2 aliphatic rings. The van der Waals surface area contributed by atoms with Gasteiger partial charge in [-0.25, -0.2) is 4.98 Å². The summed E-state index contributed by atoms with van der Waals surface area (Å²) >= 11 is 5.71. The Morgan fingerprint density at radius 1 is 1.22 bits per heavy atom. The molecule has 2 heterocycles. The largest absolute Gasteiger partial charge is 0.417 e. The average Bonchev–Trinajstić information content (AvgIpc) is 2.78. The lowest BCUT2D eigenvalue weighted by Crippen LogP contribution is -2.48. The molecule has 1 aromatic carbocycles.